The molecule has 0 aromatic heterocycles. The maximum absolute atomic E-state index is 2.26. The van der Waals surface area contributed by atoms with Crippen LogP contribution in [-0.4, -0.2) is 0 Å². The summed E-state index contributed by atoms with van der Waals surface area (Å²) in [6.07, 6.45) is 5.06. The van der Waals surface area contributed by atoms with Crippen LogP contribution in [0.2, 0.25) is 0 Å². The SMILES string of the molecule is CCC(C)c1ccccc1.CCCCc1ccccc1. The molecule has 0 saturated heterocycles. The van der Waals surface area contributed by atoms with Gasteiger partial charge in [0.2, 0.25) is 0 Å². The van der Waals surface area contributed by atoms with Crippen LogP contribution in [0, 0.1) is 0 Å². The van der Waals surface area contributed by atoms with Gasteiger partial charge in [-0.25, -0.2) is 0 Å². The molecule has 0 heteroatoms. The Morgan fingerprint density at radius 1 is 0.800 bits per heavy atom. The van der Waals surface area contributed by atoms with E-state index in [-0.39, 0.29) is 0 Å². The Labute approximate surface area is 124 Å². The summed E-state index contributed by atoms with van der Waals surface area (Å²) in [6, 6.07) is 21.3. The van der Waals surface area contributed by atoms with E-state index in [1.807, 2.05) is 0 Å². The van der Waals surface area contributed by atoms with Crippen LogP contribution in [0.4, 0.5) is 0 Å². The van der Waals surface area contributed by atoms with Gasteiger partial charge in [0.15, 0.2) is 0 Å². The molecule has 0 bridgehead atoms. The molecule has 2 rings (SSSR count). The number of hydrogen-bond acceptors (Lipinski definition) is 0. The Hall–Kier alpha value is -1.56. The summed E-state index contributed by atoms with van der Waals surface area (Å²) < 4.78 is 0. The second-order valence-electron chi connectivity index (χ2n) is 5.31. The van der Waals surface area contributed by atoms with Crippen molar-refractivity contribution in [2.75, 3.05) is 0 Å². The molecule has 0 aliphatic heterocycles. The van der Waals surface area contributed by atoms with E-state index in [2.05, 4.69) is 81.4 Å². The van der Waals surface area contributed by atoms with Crippen LogP contribution < -0.4 is 0 Å². The fourth-order valence-electron chi connectivity index (χ4n) is 2.04. The molecule has 2 aromatic carbocycles. The van der Waals surface area contributed by atoms with E-state index in [9.17, 15) is 0 Å². The maximum Gasteiger partial charge on any atom is -0.0193 e. The highest BCUT2D eigenvalue weighted by Gasteiger charge is 1.98. The van der Waals surface area contributed by atoms with Crippen molar-refractivity contribution in [2.45, 2.75) is 52.4 Å². The second kappa shape index (κ2) is 10.3. The first-order chi connectivity index (χ1) is 9.77. The van der Waals surface area contributed by atoms with Crippen LogP contribution in [0.5, 0.6) is 0 Å². The van der Waals surface area contributed by atoms with E-state index in [0.29, 0.717) is 5.92 Å². The van der Waals surface area contributed by atoms with Crippen molar-refractivity contribution in [3.8, 4) is 0 Å². The number of aryl methyl sites for hydroxylation is 1. The van der Waals surface area contributed by atoms with Crippen molar-refractivity contribution >= 4 is 0 Å². The lowest BCUT2D eigenvalue weighted by Gasteiger charge is -2.06. The van der Waals surface area contributed by atoms with E-state index < -0.39 is 0 Å². The predicted molar refractivity (Wildman–Crippen MR) is 90.2 cm³/mol. The van der Waals surface area contributed by atoms with Crippen molar-refractivity contribution in [3.05, 3.63) is 71.8 Å². The minimum atomic E-state index is 0.709. The quantitative estimate of drug-likeness (QED) is 0.603. The Bertz CT molecular complexity index is 430. The van der Waals surface area contributed by atoms with Crippen LogP contribution in [0.25, 0.3) is 0 Å². The Morgan fingerprint density at radius 3 is 1.85 bits per heavy atom. The fraction of sp³-hybridized carbons (Fsp3) is 0.400. The Morgan fingerprint density at radius 2 is 1.35 bits per heavy atom. The summed E-state index contributed by atoms with van der Waals surface area (Å²) in [4.78, 5) is 0. The van der Waals surface area contributed by atoms with Crippen LogP contribution in [0.1, 0.15) is 57.1 Å². The summed E-state index contributed by atoms with van der Waals surface area (Å²) in [5.74, 6) is 0.709. The van der Waals surface area contributed by atoms with Gasteiger partial charge in [-0.1, -0.05) is 87.9 Å². The third-order valence-electron chi connectivity index (χ3n) is 3.64. The zero-order valence-electron chi connectivity index (χ0n) is 13.2. The largest absolute Gasteiger partial charge is 0.0654 e. The summed E-state index contributed by atoms with van der Waals surface area (Å²) in [5, 5.41) is 0. The molecule has 0 amide bonds. The van der Waals surface area contributed by atoms with E-state index in [1.165, 1.54) is 36.8 Å². The van der Waals surface area contributed by atoms with Crippen molar-refractivity contribution < 1.29 is 0 Å². The van der Waals surface area contributed by atoms with Gasteiger partial charge in [-0.2, -0.15) is 0 Å². The second-order valence-corrected chi connectivity index (χ2v) is 5.31. The van der Waals surface area contributed by atoms with Gasteiger partial charge in [-0.05, 0) is 36.3 Å². The average Bonchev–Trinajstić information content (AvgIpc) is 2.54. The highest BCUT2D eigenvalue weighted by atomic mass is 14.0. The number of rotatable bonds is 5. The van der Waals surface area contributed by atoms with Crippen LogP contribution in [-0.2, 0) is 6.42 Å². The van der Waals surface area contributed by atoms with E-state index >= 15 is 0 Å². The van der Waals surface area contributed by atoms with Crippen LogP contribution >= 0.6 is 0 Å². The molecule has 0 saturated carbocycles. The molecular formula is C20H28. The van der Waals surface area contributed by atoms with E-state index in [0.717, 1.165) is 0 Å². The molecule has 0 N–H and O–H groups in total. The Kier molecular flexibility index (Phi) is 8.46. The molecule has 0 aliphatic carbocycles. The fourth-order valence-corrected chi connectivity index (χ4v) is 2.04. The molecule has 2 aromatic rings. The zero-order chi connectivity index (χ0) is 14.6. The molecule has 0 nitrogen and oxygen atoms in total. The monoisotopic (exact) mass is 268 g/mol. The first kappa shape index (κ1) is 16.5. The molecule has 1 unspecified atom stereocenters. The maximum atomic E-state index is 2.26. The van der Waals surface area contributed by atoms with Gasteiger partial charge < -0.3 is 0 Å². The normalized spacial score (nSPS) is 11.3. The third kappa shape index (κ3) is 6.56. The number of hydrogen-bond donors (Lipinski definition) is 0. The highest BCUT2D eigenvalue weighted by molar-refractivity contribution is 5.18. The van der Waals surface area contributed by atoms with Gasteiger partial charge in [0, 0.05) is 0 Å². The topological polar surface area (TPSA) is 0 Å². The Balaban J connectivity index is 0.000000200. The molecule has 20 heavy (non-hydrogen) atoms. The lowest BCUT2D eigenvalue weighted by Crippen LogP contribution is -1.88. The standard InChI is InChI=1S/2C10H14/c1-3-9(2)10-7-5-4-6-8-10;1-2-3-7-10-8-5-4-6-9-10/h4-9H,3H2,1-2H3;4-6,8-9H,2-3,7H2,1H3. The molecule has 0 radical (unpaired) electrons. The van der Waals surface area contributed by atoms with E-state index in [4.69, 9.17) is 0 Å². The van der Waals surface area contributed by atoms with Gasteiger partial charge in [0.1, 0.15) is 0 Å². The van der Waals surface area contributed by atoms with Gasteiger partial charge in [0.05, 0.1) is 0 Å². The third-order valence-corrected chi connectivity index (χ3v) is 3.64. The number of benzene rings is 2. The predicted octanol–water partition coefficient (Wildman–Crippen LogP) is 6.23. The van der Waals surface area contributed by atoms with Crippen molar-refractivity contribution in [1.82, 2.24) is 0 Å². The van der Waals surface area contributed by atoms with E-state index in [1.54, 1.807) is 0 Å². The van der Waals surface area contributed by atoms with Crippen molar-refractivity contribution in [1.29, 1.82) is 0 Å². The molecule has 0 heterocycles. The minimum absolute atomic E-state index is 0.709. The molecular weight excluding hydrogens is 240 g/mol. The number of unbranched alkanes of at least 4 members (excludes halogenated alkanes) is 1. The lowest BCUT2D eigenvalue weighted by atomic mass is 9.99. The van der Waals surface area contributed by atoms with Crippen molar-refractivity contribution in [3.63, 3.8) is 0 Å². The summed E-state index contributed by atoms with van der Waals surface area (Å²) >= 11 is 0. The van der Waals surface area contributed by atoms with Crippen molar-refractivity contribution in [2.24, 2.45) is 0 Å². The van der Waals surface area contributed by atoms with Gasteiger partial charge in [0.25, 0.3) is 0 Å². The zero-order valence-corrected chi connectivity index (χ0v) is 13.2. The molecule has 0 aliphatic rings. The van der Waals surface area contributed by atoms with Gasteiger partial charge >= 0.3 is 0 Å². The van der Waals surface area contributed by atoms with Crippen LogP contribution in [0.3, 0.4) is 0 Å². The molecule has 0 spiro atoms. The lowest BCUT2D eigenvalue weighted by molar-refractivity contribution is 0.733. The highest BCUT2D eigenvalue weighted by Crippen LogP contribution is 2.16. The minimum Gasteiger partial charge on any atom is -0.0654 e. The average molecular weight is 268 g/mol. The summed E-state index contributed by atoms with van der Waals surface area (Å²) in [5.41, 5.74) is 2.91. The van der Waals surface area contributed by atoms with Gasteiger partial charge in [-0.15, -0.1) is 0 Å². The molecule has 0 fully saturated rings. The molecule has 1 atom stereocenters. The van der Waals surface area contributed by atoms with Crippen LogP contribution in [0.15, 0.2) is 60.7 Å². The smallest absolute Gasteiger partial charge is 0.0193 e. The molecule has 108 valence electrons. The summed E-state index contributed by atoms with van der Waals surface area (Å²) in [7, 11) is 0. The first-order valence-electron chi connectivity index (χ1n) is 7.86. The van der Waals surface area contributed by atoms with Gasteiger partial charge in [-0.3, -0.25) is 0 Å². The summed E-state index contributed by atoms with van der Waals surface area (Å²) in [6.45, 7) is 6.70. The first-order valence-corrected chi connectivity index (χ1v) is 7.86.